The Morgan fingerprint density at radius 1 is 1.10 bits per heavy atom. The Hall–Kier alpha value is -1.73. The number of alkyl halides is 3. The zero-order valence-corrected chi connectivity index (χ0v) is 11.2. The Kier molecular flexibility index (Phi) is 3.92. The van der Waals surface area contributed by atoms with Gasteiger partial charge in [0.25, 0.3) is 0 Å². The van der Waals surface area contributed by atoms with Crippen molar-refractivity contribution in [2.75, 3.05) is 11.1 Å². The second-order valence-electron chi connectivity index (χ2n) is 3.75. The molecule has 0 bridgehead atoms. The highest BCUT2D eigenvalue weighted by Gasteiger charge is 2.35. The van der Waals surface area contributed by atoms with Crippen molar-refractivity contribution in [1.29, 1.82) is 0 Å². The zero-order chi connectivity index (χ0) is 14.9. The summed E-state index contributed by atoms with van der Waals surface area (Å²) >= 11 is 11.6. The summed E-state index contributed by atoms with van der Waals surface area (Å²) in [5.74, 6) is -1.75. The van der Waals surface area contributed by atoms with Gasteiger partial charge in [-0.1, -0.05) is 23.2 Å². The van der Waals surface area contributed by atoms with Gasteiger partial charge in [0, 0.05) is 11.1 Å². The average Bonchev–Trinajstić information content (AvgIpc) is 2.31. The molecule has 0 radical (unpaired) electrons. The van der Waals surface area contributed by atoms with Crippen molar-refractivity contribution in [3.63, 3.8) is 0 Å². The molecule has 20 heavy (non-hydrogen) atoms. The topological polar surface area (TPSA) is 63.8 Å². The molecular weight excluding hydrogens is 316 g/mol. The van der Waals surface area contributed by atoms with E-state index in [2.05, 4.69) is 15.3 Å². The summed E-state index contributed by atoms with van der Waals surface area (Å²) < 4.78 is 37.7. The second kappa shape index (κ2) is 5.34. The van der Waals surface area contributed by atoms with Crippen LogP contribution in [0.1, 0.15) is 5.82 Å². The van der Waals surface area contributed by atoms with Crippen molar-refractivity contribution >= 4 is 40.5 Å². The fourth-order valence-corrected chi connectivity index (χ4v) is 1.84. The molecule has 1 heterocycles. The molecule has 0 saturated heterocycles. The molecule has 0 fully saturated rings. The molecule has 1 aromatic heterocycles. The summed E-state index contributed by atoms with van der Waals surface area (Å²) in [7, 11) is 0. The minimum Gasteiger partial charge on any atom is -0.384 e. The Bertz CT molecular complexity index is 646. The van der Waals surface area contributed by atoms with Crippen LogP contribution in [0, 0.1) is 0 Å². The summed E-state index contributed by atoms with van der Waals surface area (Å²) in [5, 5.41) is 3.27. The van der Waals surface area contributed by atoms with Crippen LogP contribution in [-0.2, 0) is 6.18 Å². The molecule has 0 unspecified atom stereocenters. The lowest BCUT2D eigenvalue weighted by molar-refractivity contribution is -0.144. The number of nitrogens with two attached hydrogens (primary N) is 1. The van der Waals surface area contributed by atoms with E-state index < -0.39 is 12.0 Å². The van der Waals surface area contributed by atoms with E-state index in [1.165, 1.54) is 24.3 Å². The number of nitrogens with one attached hydrogen (secondary N) is 1. The Balaban J connectivity index is 2.36. The number of rotatable bonds is 2. The van der Waals surface area contributed by atoms with Gasteiger partial charge in [-0.15, -0.1) is 0 Å². The lowest BCUT2D eigenvalue weighted by atomic mass is 10.3. The van der Waals surface area contributed by atoms with Crippen molar-refractivity contribution in [3.05, 3.63) is 40.1 Å². The van der Waals surface area contributed by atoms with Gasteiger partial charge in [0.05, 0.1) is 10.7 Å². The molecule has 4 nitrogen and oxygen atoms in total. The SMILES string of the molecule is Nc1cc(Nc2ccc(Cl)cc2Cl)nc(C(F)(F)F)n1. The van der Waals surface area contributed by atoms with Crippen LogP contribution in [0.15, 0.2) is 24.3 Å². The Morgan fingerprint density at radius 3 is 2.40 bits per heavy atom. The van der Waals surface area contributed by atoms with Gasteiger partial charge in [-0.05, 0) is 18.2 Å². The third kappa shape index (κ3) is 3.43. The predicted molar refractivity (Wildman–Crippen MR) is 71.2 cm³/mol. The summed E-state index contributed by atoms with van der Waals surface area (Å²) in [4.78, 5) is 6.48. The van der Waals surface area contributed by atoms with Crippen molar-refractivity contribution in [3.8, 4) is 0 Å². The largest absolute Gasteiger partial charge is 0.451 e. The number of anilines is 3. The van der Waals surface area contributed by atoms with E-state index in [1.807, 2.05) is 0 Å². The molecule has 2 aromatic rings. The fraction of sp³-hybridized carbons (Fsp3) is 0.0909. The number of halogens is 5. The van der Waals surface area contributed by atoms with Crippen molar-refractivity contribution < 1.29 is 13.2 Å². The summed E-state index contributed by atoms with van der Waals surface area (Å²) in [5.41, 5.74) is 5.68. The number of benzene rings is 1. The van der Waals surface area contributed by atoms with E-state index in [1.54, 1.807) is 0 Å². The summed E-state index contributed by atoms with van der Waals surface area (Å²) in [6, 6.07) is 5.65. The first-order valence-electron chi connectivity index (χ1n) is 5.19. The van der Waals surface area contributed by atoms with Gasteiger partial charge >= 0.3 is 6.18 Å². The molecule has 0 aliphatic heterocycles. The van der Waals surface area contributed by atoms with Crippen LogP contribution in [0.4, 0.5) is 30.5 Å². The quantitative estimate of drug-likeness (QED) is 0.872. The molecule has 0 amide bonds. The highest BCUT2D eigenvalue weighted by molar-refractivity contribution is 6.36. The lowest BCUT2D eigenvalue weighted by Crippen LogP contribution is -2.13. The van der Waals surface area contributed by atoms with Gasteiger partial charge in [0.2, 0.25) is 5.82 Å². The number of hydrogen-bond acceptors (Lipinski definition) is 4. The second-order valence-corrected chi connectivity index (χ2v) is 4.59. The maximum atomic E-state index is 12.6. The van der Waals surface area contributed by atoms with Crippen molar-refractivity contribution in [1.82, 2.24) is 9.97 Å². The maximum absolute atomic E-state index is 12.6. The van der Waals surface area contributed by atoms with Crippen LogP contribution < -0.4 is 11.1 Å². The fourth-order valence-electron chi connectivity index (χ4n) is 1.39. The molecule has 1 aromatic carbocycles. The number of nitrogen functional groups attached to an aromatic ring is 1. The van der Waals surface area contributed by atoms with E-state index in [0.717, 1.165) is 0 Å². The van der Waals surface area contributed by atoms with Crippen LogP contribution in [-0.4, -0.2) is 9.97 Å². The van der Waals surface area contributed by atoms with Crippen LogP contribution >= 0.6 is 23.2 Å². The minimum absolute atomic E-state index is 0.117. The molecule has 9 heteroatoms. The highest BCUT2D eigenvalue weighted by atomic mass is 35.5. The van der Waals surface area contributed by atoms with Gasteiger partial charge in [0.15, 0.2) is 0 Å². The normalized spacial score (nSPS) is 11.4. The zero-order valence-electron chi connectivity index (χ0n) is 9.67. The van der Waals surface area contributed by atoms with Crippen LogP contribution in [0.2, 0.25) is 10.0 Å². The minimum atomic E-state index is -4.68. The monoisotopic (exact) mass is 322 g/mol. The third-order valence-electron chi connectivity index (χ3n) is 2.19. The first-order valence-corrected chi connectivity index (χ1v) is 5.95. The number of hydrogen-bond donors (Lipinski definition) is 2. The van der Waals surface area contributed by atoms with E-state index in [9.17, 15) is 13.2 Å². The first kappa shape index (κ1) is 14.7. The molecule has 106 valence electrons. The number of aromatic nitrogens is 2. The van der Waals surface area contributed by atoms with E-state index in [-0.39, 0.29) is 16.7 Å². The van der Waals surface area contributed by atoms with Crippen molar-refractivity contribution in [2.45, 2.75) is 6.18 Å². The lowest BCUT2D eigenvalue weighted by Gasteiger charge is -2.11. The van der Waals surface area contributed by atoms with Crippen molar-refractivity contribution in [2.24, 2.45) is 0 Å². The third-order valence-corrected chi connectivity index (χ3v) is 2.74. The van der Waals surface area contributed by atoms with Crippen LogP contribution in [0.25, 0.3) is 0 Å². The molecular formula is C11H7Cl2F3N4. The number of nitrogens with zero attached hydrogens (tertiary/aromatic N) is 2. The van der Waals surface area contributed by atoms with Crippen LogP contribution in [0.5, 0.6) is 0 Å². The van der Waals surface area contributed by atoms with Gasteiger partial charge in [-0.2, -0.15) is 13.2 Å². The molecule has 0 spiro atoms. The summed E-state index contributed by atoms with van der Waals surface area (Å²) in [6.07, 6.45) is -4.68. The molecule has 0 aliphatic carbocycles. The standard InChI is InChI=1S/C11H7Cl2F3N4/c12-5-1-2-7(6(13)3-5)18-9-4-8(17)19-10(20-9)11(14,15)16/h1-4H,(H3,17,18,19,20). The molecule has 0 saturated carbocycles. The van der Waals surface area contributed by atoms with Gasteiger partial charge < -0.3 is 11.1 Å². The van der Waals surface area contributed by atoms with E-state index >= 15 is 0 Å². The van der Waals surface area contributed by atoms with Crippen LogP contribution in [0.3, 0.4) is 0 Å². The maximum Gasteiger partial charge on any atom is 0.451 e. The van der Waals surface area contributed by atoms with Gasteiger partial charge in [0.1, 0.15) is 11.6 Å². The van der Waals surface area contributed by atoms with Gasteiger partial charge in [-0.3, -0.25) is 0 Å². The molecule has 3 N–H and O–H groups in total. The van der Waals surface area contributed by atoms with E-state index in [0.29, 0.717) is 10.7 Å². The predicted octanol–water partition coefficient (Wildman–Crippen LogP) is 4.13. The molecule has 2 rings (SSSR count). The Morgan fingerprint density at radius 2 is 1.80 bits per heavy atom. The van der Waals surface area contributed by atoms with Gasteiger partial charge in [-0.25, -0.2) is 9.97 Å². The average molecular weight is 323 g/mol. The summed E-state index contributed by atoms with van der Waals surface area (Å²) in [6.45, 7) is 0. The first-order chi connectivity index (χ1) is 9.25. The smallest absolute Gasteiger partial charge is 0.384 e. The highest BCUT2D eigenvalue weighted by Crippen LogP contribution is 2.31. The Labute approximate surface area is 121 Å². The van der Waals surface area contributed by atoms with E-state index in [4.69, 9.17) is 28.9 Å². The molecule has 0 aliphatic rings. The molecule has 0 atom stereocenters.